The first-order chi connectivity index (χ1) is 21.0. The molecule has 6 aliphatic rings. The number of carbonyl (C=O) groups is 4. The van der Waals surface area contributed by atoms with Gasteiger partial charge in [-0.1, -0.05) is 0 Å². The van der Waals surface area contributed by atoms with Crippen LogP contribution in [0.2, 0.25) is 0 Å². The average Bonchev–Trinajstić information content (AvgIpc) is 3.38. The summed E-state index contributed by atoms with van der Waals surface area (Å²) in [6.45, 7) is 3.26. The zero-order chi connectivity index (χ0) is 31.4. The molecular weight excluding hydrogens is 608 g/mol. The summed E-state index contributed by atoms with van der Waals surface area (Å²) in [6.07, 6.45) is 5.08. The van der Waals surface area contributed by atoms with Crippen LogP contribution >= 0.6 is 0 Å². The van der Waals surface area contributed by atoms with E-state index in [0.29, 0.717) is 70.1 Å². The van der Waals surface area contributed by atoms with Crippen molar-refractivity contribution in [1.82, 2.24) is 30.7 Å². The van der Waals surface area contributed by atoms with Gasteiger partial charge in [0.05, 0.1) is 24.3 Å². The third kappa shape index (κ3) is 7.69. The van der Waals surface area contributed by atoms with Crippen molar-refractivity contribution >= 4 is 34.3 Å². The Bertz CT molecular complexity index is 1180. The number of rotatable bonds is 8. The molecule has 248 valence electrons. The van der Waals surface area contributed by atoms with E-state index < -0.39 is 40.5 Å². The molecule has 0 spiro atoms. The molecule has 0 radical (unpaired) electrons. The number of nitrogens with one attached hydrogen (secondary N) is 2. The van der Waals surface area contributed by atoms with E-state index in [9.17, 15) is 27.6 Å². The summed E-state index contributed by atoms with van der Waals surface area (Å²) in [6, 6.07) is -2.28. The lowest BCUT2D eigenvalue weighted by Gasteiger charge is -2.30. The van der Waals surface area contributed by atoms with Gasteiger partial charge >= 0.3 is 22.5 Å². The van der Waals surface area contributed by atoms with E-state index in [0.717, 1.165) is 19.3 Å². The van der Waals surface area contributed by atoms with E-state index in [1.165, 1.54) is 4.90 Å². The Hall–Kier alpha value is -2.81. The number of hydrogen-bond acceptors (Lipinski definition) is 11. The number of fused-ring (bicyclic) bond motifs is 4. The van der Waals surface area contributed by atoms with Crippen LogP contribution < -0.4 is 11.0 Å². The molecule has 6 fully saturated rings. The standard InChI is InChI=1S/C13H21N3O4.C12H19N3O8S/c1-15-9-2-3-11(16(8-9)13(15)18)12(17)14-20-10-4-6-19-7-5-10;16-11(13-22-9-3-5-21-6-4-9)10-2-1-8-7-14(10)12(17)15(8)23-24(18,19)20/h9-11H,2-8H2,1H3,(H,14,17);8-10H,1-7H2,(H,13,16)(H,18,19,20)/t9-,11+;8-,10+/m11/s1. The maximum atomic E-state index is 12.3. The van der Waals surface area contributed by atoms with Crippen LogP contribution in [-0.2, 0) is 43.4 Å². The van der Waals surface area contributed by atoms with Gasteiger partial charge in [-0.15, -0.1) is 4.28 Å². The van der Waals surface area contributed by atoms with E-state index in [4.69, 9.17) is 23.7 Å². The molecule has 18 nitrogen and oxygen atoms in total. The van der Waals surface area contributed by atoms with E-state index in [1.807, 2.05) is 0 Å². The molecule has 44 heavy (non-hydrogen) atoms. The summed E-state index contributed by atoms with van der Waals surface area (Å²) in [5.74, 6) is -0.680. The highest BCUT2D eigenvalue weighted by Gasteiger charge is 2.49. The monoisotopic (exact) mass is 648 g/mol. The molecule has 0 saturated carbocycles. The zero-order valence-electron chi connectivity index (χ0n) is 24.5. The van der Waals surface area contributed by atoms with Crippen molar-refractivity contribution in [2.45, 2.75) is 87.7 Å². The second-order valence-corrected chi connectivity index (χ2v) is 12.6. The Morgan fingerprint density at radius 1 is 0.750 bits per heavy atom. The maximum Gasteiger partial charge on any atom is 0.418 e. The summed E-state index contributed by atoms with van der Waals surface area (Å²) >= 11 is 0. The van der Waals surface area contributed by atoms with Gasteiger partial charge in [0.1, 0.15) is 12.1 Å². The van der Waals surface area contributed by atoms with Crippen LogP contribution in [0.4, 0.5) is 9.59 Å². The van der Waals surface area contributed by atoms with E-state index >= 15 is 0 Å². The molecule has 4 atom stereocenters. The van der Waals surface area contributed by atoms with Gasteiger partial charge in [0.2, 0.25) is 0 Å². The topological polar surface area (TPSA) is 206 Å². The van der Waals surface area contributed by atoms with E-state index in [1.54, 1.807) is 16.8 Å². The number of urea groups is 2. The lowest BCUT2D eigenvalue weighted by Crippen LogP contribution is -2.50. The number of piperidine rings is 2. The number of amides is 6. The predicted molar refractivity (Wildman–Crippen MR) is 146 cm³/mol. The second-order valence-electron chi connectivity index (χ2n) is 11.6. The first-order valence-corrected chi connectivity index (χ1v) is 16.2. The zero-order valence-corrected chi connectivity index (χ0v) is 25.3. The summed E-state index contributed by atoms with van der Waals surface area (Å²) in [5.41, 5.74) is 4.91. The SMILES string of the molecule is CN1C(=O)N2C[C@H]1CC[C@H]2C(=O)NOC1CCOCC1.O=C(NOC1CCOCC1)[C@@H]1CC[C@@H]2CN1C(=O)N2OS(=O)(=O)O. The van der Waals surface area contributed by atoms with Crippen LogP contribution in [0.3, 0.4) is 0 Å². The highest BCUT2D eigenvalue weighted by Crippen LogP contribution is 2.31. The summed E-state index contributed by atoms with van der Waals surface area (Å²) in [5, 5.41) is 0.599. The highest BCUT2D eigenvalue weighted by atomic mass is 32.3. The molecule has 6 amide bonds. The van der Waals surface area contributed by atoms with E-state index in [2.05, 4.69) is 15.2 Å². The summed E-state index contributed by atoms with van der Waals surface area (Å²) in [7, 11) is -3.00. The van der Waals surface area contributed by atoms with Crippen molar-refractivity contribution in [1.29, 1.82) is 0 Å². The number of carbonyl (C=O) groups excluding carboxylic acids is 4. The molecule has 6 aliphatic heterocycles. The molecule has 3 N–H and O–H groups in total. The summed E-state index contributed by atoms with van der Waals surface area (Å²) in [4.78, 5) is 64.1. The normalized spacial score (nSPS) is 29.4. The molecule has 0 aromatic rings. The maximum absolute atomic E-state index is 12.3. The highest BCUT2D eigenvalue weighted by molar-refractivity contribution is 7.80. The van der Waals surface area contributed by atoms with Crippen LogP contribution in [0.1, 0.15) is 51.4 Å². The quantitative estimate of drug-likeness (QED) is 0.221. The Morgan fingerprint density at radius 3 is 1.70 bits per heavy atom. The number of hydrogen-bond donors (Lipinski definition) is 3. The van der Waals surface area contributed by atoms with Crippen molar-refractivity contribution in [2.75, 3.05) is 46.6 Å². The minimum absolute atomic E-state index is 0.0148. The smallest absolute Gasteiger partial charge is 0.381 e. The average molecular weight is 649 g/mol. The van der Waals surface area contributed by atoms with Gasteiger partial charge < -0.3 is 24.2 Å². The Balaban J connectivity index is 0.000000177. The van der Waals surface area contributed by atoms with Gasteiger partial charge in [-0.2, -0.15) is 13.5 Å². The number of hydroxylamine groups is 4. The fraction of sp³-hybridized carbons (Fsp3) is 0.840. The largest absolute Gasteiger partial charge is 0.418 e. The van der Waals surface area contributed by atoms with Gasteiger partial charge in [-0.05, 0) is 51.4 Å². The molecule has 19 heteroatoms. The number of likely N-dealkylation sites (N-methyl/N-ethyl adjacent to an activating group) is 1. The molecule has 6 rings (SSSR count). The molecule has 0 aliphatic carbocycles. The molecule has 0 unspecified atom stereocenters. The van der Waals surface area contributed by atoms with Crippen LogP contribution in [0.15, 0.2) is 0 Å². The molecule has 4 bridgehead atoms. The minimum atomic E-state index is -4.80. The second kappa shape index (κ2) is 14.1. The third-order valence-corrected chi connectivity index (χ3v) is 9.09. The van der Waals surface area contributed by atoms with Crippen molar-refractivity contribution in [3.05, 3.63) is 0 Å². The van der Waals surface area contributed by atoms with Crippen molar-refractivity contribution < 1.29 is 55.6 Å². The number of nitrogens with zero attached hydrogens (tertiary/aromatic N) is 4. The van der Waals surface area contributed by atoms with Gasteiger partial charge in [0, 0.05) is 46.6 Å². The minimum Gasteiger partial charge on any atom is -0.381 e. The Morgan fingerprint density at radius 2 is 1.20 bits per heavy atom. The third-order valence-electron chi connectivity index (χ3n) is 8.74. The molecule has 6 saturated heterocycles. The summed E-state index contributed by atoms with van der Waals surface area (Å²) < 4.78 is 45.1. The lowest BCUT2D eigenvalue weighted by atomic mass is 10.0. The fourth-order valence-electron chi connectivity index (χ4n) is 6.22. The lowest BCUT2D eigenvalue weighted by molar-refractivity contribution is -0.148. The van der Waals surface area contributed by atoms with E-state index in [-0.39, 0.29) is 36.7 Å². The molecule has 0 aromatic carbocycles. The molecule has 0 aromatic heterocycles. The van der Waals surface area contributed by atoms with Crippen molar-refractivity contribution in [3.8, 4) is 0 Å². The first kappa shape index (κ1) is 32.6. The van der Waals surface area contributed by atoms with Gasteiger partial charge in [-0.3, -0.25) is 23.8 Å². The molecule has 6 heterocycles. The predicted octanol–water partition coefficient (Wildman–Crippen LogP) is -0.672. The van der Waals surface area contributed by atoms with Crippen LogP contribution in [-0.4, -0.2) is 140 Å². The van der Waals surface area contributed by atoms with Crippen LogP contribution in [0.25, 0.3) is 0 Å². The van der Waals surface area contributed by atoms with Crippen molar-refractivity contribution in [2.24, 2.45) is 0 Å². The Kier molecular flexibility index (Phi) is 10.4. The van der Waals surface area contributed by atoms with Crippen LogP contribution in [0.5, 0.6) is 0 Å². The van der Waals surface area contributed by atoms with Crippen molar-refractivity contribution in [3.63, 3.8) is 0 Å². The Labute approximate surface area is 255 Å². The van der Waals surface area contributed by atoms with Crippen LogP contribution in [0, 0.1) is 0 Å². The number of ether oxygens (including phenoxy) is 2. The van der Waals surface area contributed by atoms with Gasteiger partial charge in [0.25, 0.3) is 11.8 Å². The fourth-order valence-corrected chi connectivity index (χ4v) is 6.61. The molecular formula is C25H40N6O12S. The van der Waals surface area contributed by atoms with Gasteiger partial charge in [-0.25, -0.2) is 20.5 Å². The van der Waals surface area contributed by atoms with Gasteiger partial charge in [0.15, 0.2) is 0 Å². The first-order valence-electron chi connectivity index (χ1n) is 14.9.